The molecule has 68 valence electrons. The van der Waals surface area contributed by atoms with Gasteiger partial charge in [-0.25, -0.2) is 0 Å². The van der Waals surface area contributed by atoms with Gasteiger partial charge in [-0.1, -0.05) is 6.08 Å². The normalized spacial score (nSPS) is 22.8. The molecule has 0 amide bonds. The fourth-order valence-corrected chi connectivity index (χ4v) is 1.39. The Morgan fingerprint density at radius 2 is 2.42 bits per heavy atom. The van der Waals surface area contributed by atoms with E-state index >= 15 is 0 Å². The van der Waals surface area contributed by atoms with Crippen LogP contribution in [0, 0.1) is 0 Å². The third-order valence-electron chi connectivity index (χ3n) is 1.92. The van der Waals surface area contributed by atoms with Crippen molar-refractivity contribution in [1.29, 1.82) is 0 Å². The van der Waals surface area contributed by atoms with Crippen LogP contribution in [-0.2, 0) is 4.74 Å². The second-order valence-electron chi connectivity index (χ2n) is 2.87. The van der Waals surface area contributed by atoms with Gasteiger partial charge in [-0.3, -0.25) is 0 Å². The molecule has 1 unspecified atom stereocenters. The van der Waals surface area contributed by atoms with Gasteiger partial charge >= 0.3 is 0 Å². The maximum Gasteiger partial charge on any atom is 0.152 e. The first-order valence-corrected chi connectivity index (χ1v) is 4.06. The van der Waals surface area contributed by atoms with Crippen LogP contribution < -0.4 is 5.32 Å². The van der Waals surface area contributed by atoms with E-state index in [2.05, 4.69) is 11.4 Å². The Morgan fingerprint density at radius 1 is 1.67 bits per heavy atom. The summed E-state index contributed by atoms with van der Waals surface area (Å²) in [6.07, 6.45) is 6.21. The zero-order valence-electron chi connectivity index (χ0n) is 7.87. The molecule has 3 heteroatoms. The van der Waals surface area contributed by atoms with E-state index in [0.29, 0.717) is 0 Å². The molecule has 1 N–H and O–H groups in total. The largest absolute Gasteiger partial charge is 0.358 e. The topological polar surface area (TPSA) is 24.5 Å². The SMILES string of the molecule is CNCC1=CC=CN(C)C1OC. The summed E-state index contributed by atoms with van der Waals surface area (Å²) in [6, 6.07) is 0. The summed E-state index contributed by atoms with van der Waals surface area (Å²) in [4.78, 5) is 2.05. The van der Waals surface area contributed by atoms with E-state index in [1.165, 1.54) is 5.57 Å². The quantitative estimate of drug-likeness (QED) is 0.666. The zero-order chi connectivity index (χ0) is 8.97. The fourth-order valence-electron chi connectivity index (χ4n) is 1.39. The van der Waals surface area contributed by atoms with Gasteiger partial charge in [0.15, 0.2) is 6.23 Å². The van der Waals surface area contributed by atoms with E-state index in [1.807, 2.05) is 31.3 Å². The lowest BCUT2D eigenvalue weighted by molar-refractivity contribution is 0.0337. The average Bonchev–Trinajstić information content (AvgIpc) is 2.05. The number of ether oxygens (including phenoxy) is 1. The van der Waals surface area contributed by atoms with E-state index in [0.717, 1.165) is 6.54 Å². The molecule has 0 radical (unpaired) electrons. The van der Waals surface area contributed by atoms with Gasteiger partial charge in [0.05, 0.1) is 0 Å². The van der Waals surface area contributed by atoms with E-state index in [4.69, 9.17) is 4.74 Å². The van der Waals surface area contributed by atoms with E-state index in [1.54, 1.807) is 7.11 Å². The highest BCUT2D eigenvalue weighted by Gasteiger charge is 2.17. The van der Waals surface area contributed by atoms with Gasteiger partial charge < -0.3 is 15.0 Å². The summed E-state index contributed by atoms with van der Waals surface area (Å²) in [7, 11) is 5.67. The summed E-state index contributed by atoms with van der Waals surface area (Å²) in [5.41, 5.74) is 1.25. The average molecular weight is 168 g/mol. The van der Waals surface area contributed by atoms with Crippen molar-refractivity contribution < 1.29 is 4.74 Å². The van der Waals surface area contributed by atoms with Gasteiger partial charge in [0, 0.05) is 26.9 Å². The summed E-state index contributed by atoms with van der Waals surface area (Å²) in [5.74, 6) is 0. The minimum absolute atomic E-state index is 0.0856. The minimum atomic E-state index is 0.0856. The van der Waals surface area contributed by atoms with Gasteiger partial charge in [0.1, 0.15) is 0 Å². The molecule has 0 aliphatic carbocycles. The van der Waals surface area contributed by atoms with E-state index < -0.39 is 0 Å². The molecule has 12 heavy (non-hydrogen) atoms. The predicted molar refractivity (Wildman–Crippen MR) is 49.7 cm³/mol. The van der Waals surface area contributed by atoms with Crippen molar-refractivity contribution in [2.45, 2.75) is 6.23 Å². The molecule has 1 aliphatic heterocycles. The van der Waals surface area contributed by atoms with Crippen LogP contribution in [0.5, 0.6) is 0 Å². The fraction of sp³-hybridized carbons (Fsp3) is 0.556. The molecular weight excluding hydrogens is 152 g/mol. The van der Waals surface area contributed by atoms with Crippen molar-refractivity contribution in [2.24, 2.45) is 0 Å². The van der Waals surface area contributed by atoms with Gasteiger partial charge in [-0.15, -0.1) is 0 Å². The number of methoxy groups -OCH3 is 1. The van der Waals surface area contributed by atoms with Crippen LogP contribution in [0.2, 0.25) is 0 Å². The molecule has 0 aromatic rings. The number of hydrogen-bond donors (Lipinski definition) is 1. The minimum Gasteiger partial charge on any atom is -0.358 e. The van der Waals surface area contributed by atoms with Crippen molar-refractivity contribution in [3.63, 3.8) is 0 Å². The predicted octanol–water partition coefficient (Wildman–Crippen LogP) is 0.564. The highest BCUT2D eigenvalue weighted by atomic mass is 16.5. The Bertz CT molecular complexity index is 199. The molecule has 1 rings (SSSR count). The first-order valence-electron chi connectivity index (χ1n) is 4.06. The third-order valence-corrected chi connectivity index (χ3v) is 1.92. The Kier molecular flexibility index (Phi) is 3.31. The highest BCUT2D eigenvalue weighted by molar-refractivity contribution is 5.22. The molecule has 0 aromatic carbocycles. The second kappa shape index (κ2) is 4.28. The van der Waals surface area contributed by atoms with Crippen molar-refractivity contribution in [3.8, 4) is 0 Å². The molecule has 0 saturated heterocycles. The van der Waals surface area contributed by atoms with Crippen LogP contribution in [0.4, 0.5) is 0 Å². The molecule has 0 bridgehead atoms. The number of hydrogen-bond acceptors (Lipinski definition) is 3. The lowest BCUT2D eigenvalue weighted by atomic mass is 10.1. The maximum absolute atomic E-state index is 5.33. The van der Waals surface area contributed by atoms with Crippen LogP contribution >= 0.6 is 0 Å². The van der Waals surface area contributed by atoms with Crippen LogP contribution in [0.1, 0.15) is 0 Å². The molecule has 3 nitrogen and oxygen atoms in total. The molecule has 0 aromatic heterocycles. The van der Waals surface area contributed by atoms with Crippen molar-refractivity contribution in [2.75, 3.05) is 27.7 Å². The number of likely N-dealkylation sites (N-methyl/N-ethyl adjacent to an activating group) is 2. The van der Waals surface area contributed by atoms with E-state index in [-0.39, 0.29) is 6.23 Å². The maximum atomic E-state index is 5.33. The highest BCUT2D eigenvalue weighted by Crippen LogP contribution is 2.14. The van der Waals surface area contributed by atoms with Crippen LogP contribution in [0.25, 0.3) is 0 Å². The zero-order valence-corrected chi connectivity index (χ0v) is 7.87. The summed E-state index contributed by atoms with van der Waals surface area (Å²) < 4.78 is 5.33. The number of allylic oxidation sites excluding steroid dienone is 2. The number of nitrogens with one attached hydrogen (secondary N) is 1. The van der Waals surface area contributed by atoms with Crippen LogP contribution in [0.3, 0.4) is 0 Å². The summed E-state index contributed by atoms with van der Waals surface area (Å²) >= 11 is 0. The van der Waals surface area contributed by atoms with E-state index in [9.17, 15) is 0 Å². The van der Waals surface area contributed by atoms with Crippen LogP contribution in [-0.4, -0.2) is 38.9 Å². The Morgan fingerprint density at radius 3 is 3.00 bits per heavy atom. The molecule has 1 heterocycles. The van der Waals surface area contributed by atoms with Crippen molar-refractivity contribution in [1.82, 2.24) is 10.2 Å². The molecular formula is C9H16N2O. The standard InChI is InChI=1S/C9H16N2O/c1-10-7-8-5-4-6-11(2)9(8)12-3/h4-6,9-10H,7H2,1-3H3. The molecule has 0 spiro atoms. The lowest BCUT2D eigenvalue weighted by Gasteiger charge is -2.30. The number of rotatable bonds is 3. The lowest BCUT2D eigenvalue weighted by Crippen LogP contribution is -2.35. The van der Waals surface area contributed by atoms with Gasteiger partial charge in [-0.2, -0.15) is 0 Å². The van der Waals surface area contributed by atoms with Crippen LogP contribution in [0.15, 0.2) is 23.9 Å². The Hall–Kier alpha value is -0.800. The monoisotopic (exact) mass is 168 g/mol. The summed E-state index contributed by atoms with van der Waals surface area (Å²) in [5, 5.41) is 3.11. The molecule has 1 atom stereocenters. The van der Waals surface area contributed by atoms with Crippen molar-refractivity contribution >= 4 is 0 Å². The Balaban J connectivity index is 2.67. The van der Waals surface area contributed by atoms with Gasteiger partial charge in [0.2, 0.25) is 0 Å². The molecule has 1 aliphatic rings. The molecule has 0 fully saturated rings. The van der Waals surface area contributed by atoms with Crippen molar-refractivity contribution in [3.05, 3.63) is 23.9 Å². The first kappa shape index (κ1) is 9.29. The second-order valence-corrected chi connectivity index (χ2v) is 2.87. The van der Waals surface area contributed by atoms with Gasteiger partial charge in [0.25, 0.3) is 0 Å². The van der Waals surface area contributed by atoms with Gasteiger partial charge in [-0.05, 0) is 18.7 Å². The molecule has 0 saturated carbocycles. The third kappa shape index (κ3) is 1.87. The Labute approximate surface area is 73.7 Å². The smallest absolute Gasteiger partial charge is 0.152 e. The number of nitrogens with zero attached hydrogens (tertiary/aromatic N) is 1. The first-order chi connectivity index (χ1) is 5.79. The summed E-state index contributed by atoms with van der Waals surface area (Å²) in [6.45, 7) is 0.868.